The number of nitrogens with zero attached hydrogens (tertiary/aromatic N) is 3. The predicted octanol–water partition coefficient (Wildman–Crippen LogP) is 7.98. The molecule has 10 atom stereocenters. The Bertz CT molecular complexity index is 3670. The van der Waals surface area contributed by atoms with Crippen LogP contribution in [-0.4, -0.2) is 177 Å². The topological polar surface area (TPSA) is 345 Å². The highest BCUT2D eigenvalue weighted by Crippen LogP contribution is 2.65. The number of methoxy groups -OCH3 is 2. The molecular formula is C72H92ClN9O17. The Morgan fingerprint density at radius 2 is 1.58 bits per heavy atom. The fourth-order valence-corrected chi connectivity index (χ4v) is 13.4. The van der Waals surface area contributed by atoms with Crippen molar-refractivity contribution in [1.82, 2.24) is 31.1 Å². The minimum absolute atomic E-state index is 0.0271. The molecular weight excluding hydrogens is 1300 g/mol. The Balaban J connectivity index is 0.842. The zero-order valence-corrected chi connectivity index (χ0v) is 58.6. The molecule has 2 heterocycles. The van der Waals surface area contributed by atoms with E-state index in [0.29, 0.717) is 29.1 Å². The molecule has 4 aromatic carbocycles. The van der Waals surface area contributed by atoms with Crippen LogP contribution in [0.2, 0.25) is 5.02 Å². The number of nitrogens with two attached hydrogens (primary N) is 1. The maximum absolute atomic E-state index is 14.6. The van der Waals surface area contributed by atoms with Gasteiger partial charge in [0, 0.05) is 83.5 Å². The fraction of sp³-hybridized carbons (Fsp3) is 0.486. The lowest BCUT2D eigenvalue weighted by atomic mass is 9.80. The lowest BCUT2D eigenvalue weighted by Crippen LogP contribution is -2.64. The predicted molar refractivity (Wildman–Crippen MR) is 368 cm³/mol. The first-order chi connectivity index (χ1) is 46.9. The van der Waals surface area contributed by atoms with Crippen molar-refractivity contribution in [3.8, 4) is 16.9 Å². The normalized spacial score (nSPS) is 23.7. The second-order valence-corrected chi connectivity index (χ2v) is 27.0. The summed E-state index contributed by atoms with van der Waals surface area (Å²) in [6, 6.07) is 21.6. The molecule has 0 spiro atoms. The first-order valence-electron chi connectivity index (χ1n) is 33.0. The molecule has 9 amide bonds. The number of nitrogens with one attached hydrogen (secondary N) is 5. The van der Waals surface area contributed by atoms with Crippen LogP contribution in [0.5, 0.6) is 5.75 Å². The van der Waals surface area contributed by atoms with Crippen LogP contribution in [0.25, 0.3) is 11.1 Å². The summed E-state index contributed by atoms with van der Waals surface area (Å²) in [7, 11) is 7.27. The van der Waals surface area contributed by atoms with Gasteiger partial charge in [0.2, 0.25) is 23.6 Å². The van der Waals surface area contributed by atoms with Gasteiger partial charge in [-0.25, -0.2) is 24.0 Å². The molecule has 0 aromatic heterocycles. The van der Waals surface area contributed by atoms with E-state index in [9.17, 15) is 53.4 Å². The maximum atomic E-state index is 14.6. The number of urea groups is 1. The number of rotatable bonds is 23. The van der Waals surface area contributed by atoms with Crippen LogP contribution >= 0.6 is 11.6 Å². The molecule has 1 saturated carbocycles. The Hall–Kier alpha value is -9.24. The van der Waals surface area contributed by atoms with Gasteiger partial charge < -0.3 is 80.3 Å². The van der Waals surface area contributed by atoms with Gasteiger partial charge in [0.15, 0.2) is 5.72 Å². The van der Waals surface area contributed by atoms with Gasteiger partial charge >= 0.3 is 30.3 Å². The quantitative estimate of drug-likeness (QED) is 0.0198. The molecule has 99 heavy (non-hydrogen) atoms. The van der Waals surface area contributed by atoms with Crippen LogP contribution in [0, 0.1) is 17.3 Å². The van der Waals surface area contributed by atoms with E-state index >= 15 is 0 Å². The van der Waals surface area contributed by atoms with E-state index < -0.39 is 125 Å². The van der Waals surface area contributed by atoms with Gasteiger partial charge in [-0.3, -0.25) is 24.5 Å². The standard InChI is InChI=1S/C72H92ClN9O17/c1-41(2)61(78-67(90)96-39-52-50-22-14-12-20-48(50)49-21-13-15-23-51(49)52)64(87)77-53(24-17-31-75-66(74)89)63(86)76-47-29-27-45(28-30-47)38-97-69(92)80(7)32-18-26-58(83)81(8)44(5)65(88)99-71-37-59(84)82(9)54-34-46(35-55(94-10)60(54)73)33-42(3)19-16-25-57(95-11)72(93)36-56(98-68(91)79-72)43(4)62(85)70(71,6)40-71/h12-16,19-23,25,27-30,34-35,41,43-44,52-53,56-57,61-62,85,93H,17-18,24,26,31-33,36-40H2,1-11H3,(H,76,86)(H,77,87)(H,78,90)(H,79,91)(H3,74,75,89)/b25-16+,42-19+/t43-,44+,53+,56+,57-,61+,62?,70-,71?,72+/m1/s1. The number of aliphatic hydroxyl groups is 2. The third-order valence-corrected chi connectivity index (χ3v) is 19.7. The van der Waals surface area contributed by atoms with Crippen molar-refractivity contribution in [1.29, 1.82) is 0 Å². The van der Waals surface area contributed by atoms with Crippen LogP contribution in [0.15, 0.2) is 109 Å². The molecule has 4 bridgehead atoms. The molecule has 27 heteroatoms. The van der Waals surface area contributed by atoms with Gasteiger partial charge in [-0.15, -0.1) is 0 Å². The number of likely N-dealkylation sites (N-methyl/N-ethyl adjacent to an activating group) is 1. The van der Waals surface area contributed by atoms with Crippen LogP contribution < -0.4 is 42.0 Å². The van der Waals surface area contributed by atoms with E-state index in [2.05, 4.69) is 26.6 Å². The molecule has 1 saturated heterocycles. The first-order valence-corrected chi connectivity index (χ1v) is 33.4. The molecule has 2 unspecified atom stereocenters. The highest BCUT2D eigenvalue weighted by atomic mass is 35.5. The number of anilines is 2. The molecule has 4 aromatic rings. The summed E-state index contributed by atoms with van der Waals surface area (Å²) in [5.74, 6) is -4.33. The van der Waals surface area contributed by atoms with Crippen molar-refractivity contribution in [2.24, 2.45) is 23.0 Å². The zero-order chi connectivity index (χ0) is 72.3. The number of benzene rings is 4. The van der Waals surface area contributed by atoms with Gasteiger partial charge in [0.1, 0.15) is 59.9 Å². The summed E-state index contributed by atoms with van der Waals surface area (Å²) in [6.45, 7) is 10.2. The number of primary amides is 1. The highest BCUT2D eigenvalue weighted by molar-refractivity contribution is 6.35. The van der Waals surface area contributed by atoms with E-state index in [4.69, 9.17) is 45.8 Å². The first kappa shape index (κ1) is 75.5. The van der Waals surface area contributed by atoms with Crippen LogP contribution in [-0.2, 0) is 60.7 Å². The number of allylic oxidation sites excluding steroid dienone is 3. The van der Waals surface area contributed by atoms with Crippen molar-refractivity contribution >= 4 is 76.9 Å². The third kappa shape index (κ3) is 18.0. The largest absolute Gasteiger partial charge is 0.495 e. The van der Waals surface area contributed by atoms with Crippen molar-refractivity contribution in [3.63, 3.8) is 0 Å². The summed E-state index contributed by atoms with van der Waals surface area (Å²) < 4.78 is 34.6. The van der Waals surface area contributed by atoms with E-state index in [1.54, 1.807) is 76.2 Å². The maximum Gasteiger partial charge on any atom is 0.409 e. The summed E-state index contributed by atoms with van der Waals surface area (Å²) in [5, 5.41) is 37.6. The SMILES string of the molecule is COc1cc2cc(c1Cl)N(C)C(=O)CC1(OC(=O)[C@H](C)N(C)C(=O)CCCN(C)C(=O)OCc3ccc(NC(=O)[C@H](CCCNC(N)=O)NC(=O)[C@@H](NC(=O)OCC4c5ccccc5-c5ccccc54)C(C)C)cc3)C[C@]1(C)C(O)[C@H](C)[C@@H]1C[C@@](O)(NC(=O)O1)[C@H](OC)/C=C/C=C(\C)C2. The monoisotopic (exact) mass is 1390 g/mol. The van der Waals surface area contributed by atoms with Crippen molar-refractivity contribution in [2.75, 3.05) is 65.3 Å². The minimum Gasteiger partial charge on any atom is -0.495 e. The average Bonchev–Trinajstić information content (AvgIpc) is 1.53. The smallest absolute Gasteiger partial charge is 0.409 e. The van der Waals surface area contributed by atoms with Crippen molar-refractivity contribution < 1.29 is 81.8 Å². The molecule has 26 nitrogen and oxygen atoms in total. The molecule has 2 aliphatic carbocycles. The van der Waals surface area contributed by atoms with Crippen LogP contribution in [0.1, 0.15) is 115 Å². The minimum atomic E-state index is -1.98. The summed E-state index contributed by atoms with van der Waals surface area (Å²) in [6.07, 6.45) is -0.817. The van der Waals surface area contributed by atoms with Gasteiger partial charge in [0.25, 0.3) is 0 Å². The number of hydrogen-bond donors (Lipinski definition) is 8. The number of amides is 9. The second kappa shape index (κ2) is 32.6. The zero-order valence-electron chi connectivity index (χ0n) is 57.8. The van der Waals surface area contributed by atoms with E-state index in [1.165, 1.54) is 57.0 Å². The molecule has 2 fully saturated rings. The lowest BCUT2D eigenvalue weighted by Gasteiger charge is -2.43. The van der Waals surface area contributed by atoms with Crippen LogP contribution in [0.4, 0.5) is 30.6 Å². The third-order valence-electron chi connectivity index (χ3n) is 19.3. The number of alkyl carbamates (subject to hydrolysis) is 2. The Labute approximate surface area is 581 Å². The Morgan fingerprint density at radius 1 is 0.909 bits per heavy atom. The summed E-state index contributed by atoms with van der Waals surface area (Å²) >= 11 is 6.86. The fourth-order valence-electron chi connectivity index (χ4n) is 13.1. The number of fused-ring (bicyclic) bond motifs is 8. The summed E-state index contributed by atoms with van der Waals surface area (Å²) in [5.41, 5.74) is 7.27. The second-order valence-electron chi connectivity index (χ2n) is 26.6. The van der Waals surface area contributed by atoms with Gasteiger partial charge in [-0.1, -0.05) is 124 Å². The molecule has 9 N–H and O–H groups in total. The van der Waals surface area contributed by atoms with Crippen molar-refractivity contribution in [2.45, 2.75) is 153 Å². The number of hydrogen-bond acceptors (Lipinski definition) is 17. The molecule has 0 radical (unpaired) electrons. The lowest BCUT2D eigenvalue weighted by molar-refractivity contribution is -0.168. The van der Waals surface area contributed by atoms with Crippen molar-refractivity contribution in [3.05, 3.63) is 136 Å². The molecule has 2 aliphatic heterocycles. The van der Waals surface area contributed by atoms with E-state index in [-0.39, 0.29) is 75.8 Å². The number of carbonyl (C=O) groups excluding carboxylic acids is 9. The van der Waals surface area contributed by atoms with E-state index in [1.807, 2.05) is 61.5 Å². The van der Waals surface area contributed by atoms with E-state index in [0.717, 1.165) is 33.4 Å². The van der Waals surface area contributed by atoms with Crippen LogP contribution in [0.3, 0.4) is 0 Å². The Kier molecular flexibility index (Phi) is 24.9. The molecule has 534 valence electrons. The number of ether oxygens (including phenoxy) is 6. The number of halogens is 1. The van der Waals surface area contributed by atoms with Gasteiger partial charge in [-0.2, -0.15) is 0 Å². The molecule has 4 aliphatic rings. The molecule has 8 rings (SSSR count). The number of aliphatic hydroxyl groups excluding tert-OH is 1. The average molecular weight is 1390 g/mol. The highest BCUT2D eigenvalue weighted by Gasteiger charge is 2.73. The Morgan fingerprint density at radius 3 is 2.21 bits per heavy atom. The van der Waals surface area contributed by atoms with Gasteiger partial charge in [-0.05, 0) is 103 Å². The summed E-state index contributed by atoms with van der Waals surface area (Å²) in [4.78, 5) is 125. The van der Waals surface area contributed by atoms with Gasteiger partial charge in [0.05, 0.1) is 25.3 Å². The number of carbonyl (C=O) groups is 9. The number of esters is 1.